The van der Waals surface area contributed by atoms with E-state index in [4.69, 9.17) is 9.84 Å². The number of nitrogens with one attached hydrogen (secondary N) is 1. The van der Waals surface area contributed by atoms with Crippen molar-refractivity contribution in [1.29, 1.82) is 0 Å². The number of hydrogen-bond acceptors (Lipinski definition) is 3. The number of halogens is 2. The molecule has 1 aromatic carbocycles. The van der Waals surface area contributed by atoms with Crippen LogP contribution in [-0.2, 0) is 6.42 Å². The summed E-state index contributed by atoms with van der Waals surface area (Å²) < 4.78 is 30.4. The van der Waals surface area contributed by atoms with E-state index in [2.05, 4.69) is 5.32 Å². The van der Waals surface area contributed by atoms with Gasteiger partial charge in [0.15, 0.2) is 0 Å². The number of ether oxygens (including phenoxy) is 1. The van der Waals surface area contributed by atoms with E-state index in [9.17, 15) is 13.6 Å². The Balaban J connectivity index is 1.93. The van der Waals surface area contributed by atoms with E-state index in [-0.39, 0.29) is 19.2 Å². The molecule has 0 aromatic heterocycles. The number of aliphatic hydroxyl groups is 1. The van der Waals surface area contributed by atoms with E-state index < -0.39 is 19.0 Å². The molecule has 0 saturated heterocycles. The maximum Gasteiger partial charge on any atom is 0.318 e. The molecule has 0 radical (unpaired) electrons. The van der Waals surface area contributed by atoms with E-state index in [1.54, 1.807) is 0 Å². The lowest BCUT2D eigenvalue weighted by Crippen LogP contribution is -2.50. The highest BCUT2D eigenvalue weighted by atomic mass is 19.3. The zero-order valence-electron chi connectivity index (χ0n) is 11.5. The summed E-state index contributed by atoms with van der Waals surface area (Å²) in [5, 5.41) is 11.5. The predicted octanol–water partition coefficient (Wildman–Crippen LogP) is 1.26. The lowest BCUT2D eigenvalue weighted by molar-refractivity contribution is 0.0881. The molecule has 2 N–H and O–H groups in total. The van der Waals surface area contributed by atoms with Crippen LogP contribution in [0.15, 0.2) is 24.3 Å². The second kappa shape index (κ2) is 7.21. The molecule has 5 nitrogen and oxygen atoms in total. The second-order valence-electron chi connectivity index (χ2n) is 4.83. The third kappa shape index (κ3) is 4.29. The van der Waals surface area contributed by atoms with Crippen LogP contribution in [0.1, 0.15) is 5.56 Å². The van der Waals surface area contributed by atoms with Gasteiger partial charge >= 0.3 is 6.03 Å². The maximum atomic E-state index is 12.4. The lowest BCUT2D eigenvalue weighted by atomic mass is 10.0. The Hall–Kier alpha value is -1.89. The van der Waals surface area contributed by atoms with Gasteiger partial charge in [0.05, 0.1) is 19.2 Å². The van der Waals surface area contributed by atoms with E-state index in [1.165, 1.54) is 0 Å². The molecule has 21 heavy (non-hydrogen) atoms. The molecule has 0 aliphatic carbocycles. The van der Waals surface area contributed by atoms with E-state index in [1.807, 2.05) is 24.3 Å². The van der Waals surface area contributed by atoms with Gasteiger partial charge in [0.1, 0.15) is 12.4 Å². The smallest absolute Gasteiger partial charge is 0.318 e. The molecule has 1 aliphatic rings. The van der Waals surface area contributed by atoms with Crippen LogP contribution in [-0.4, -0.2) is 54.8 Å². The minimum atomic E-state index is -2.63. The van der Waals surface area contributed by atoms with Gasteiger partial charge in [-0.2, -0.15) is 0 Å². The Bertz CT molecular complexity index is 485. The fraction of sp³-hybridized carbons (Fsp3) is 0.500. The van der Waals surface area contributed by atoms with Crippen LogP contribution in [0, 0.1) is 0 Å². The topological polar surface area (TPSA) is 61.8 Å². The zero-order chi connectivity index (χ0) is 15.2. The van der Waals surface area contributed by atoms with Crippen LogP contribution in [0.2, 0.25) is 0 Å². The number of hydrogen-bond donors (Lipinski definition) is 2. The van der Waals surface area contributed by atoms with Crippen LogP contribution in [0.5, 0.6) is 5.75 Å². The number of aliphatic hydroxyl groups excluding tert-OH is 1. The van der Waals surface area contributed by atoms with Crippen molar-refractivity contribution in [2.45, 2.75) is 18.9 Å². The number of amides is 2. The Kier molecular flexibility index (Phi) is 5.32. The summed E-state index contributed by atoms with van der Waals surface area (Å²) >= 11 is 0. The standard InChI is InChI=1S/C14H18F2N2O3/c15-13(16)8-18(5-6-19)14(20)17-11-7-10-3-1-2-4-12(10)21-9-11/h1-4,11,13,19H,5-9H2,(H,17,20)/t11-/m1/s1. The Morgan fingerprint density at radius 3 is 2.95 bits per heavy atom. The van der Waals surface area contributed by atoms with Crippen molar-refractivity contribution in [3.8, 4) is 5.75 Å². The number of urea groups is 1. The Labute approximate surface area is 121 Å². The third-order valence-corrected chi connectivity index (χ3v) is 3.22. The summed E-state index contributed by atoms with van der Waals surface area (Å²) in [4.78, 5) is 12.9. The van der Waals surface area contributed by atoms with Gasteiger partial charge in [0.25, 0.3) is 6.43 Å². The highest BCUT2D eigenvalue weighted by Gasteiger charge is 2.24. The van der Waals surface area contributed by atoms with Gasteiger partial charge in [-0.05, 0) is 18.1 Å². The molecule has 7 heteroatoms. The van der Waals surface area contributed by atoms with E-state index >= 15 is 0 Å². The number of benzene rings is 1. The molecule has 0 fully saturated rings. The van der Waals surface area contributed by atoms with Gasteiger partial charge in [-0.1, -0.05) is 18.2 Å². The first-order chi connectivity index (χ1) is 10.1. The number of carbonyl (C=O) groups excluding carboxylic acids is 1. The molecule has 0 spiro atoms. The van der Waals surface area contributed by atoms with Crippen molar-refractivity contribution in [3.05, 3.63) is 29.8 Å². The Morgan fingerprint density at radius 1 is 1.48 bits per heavy atom. The van der Waals surface area contributed by atoms with E-state index in [0.717, 1.165) is 16.2 Å². The first-order valence-electron chi connectivity index (χ1n) is 6.75. The summed E-state index contributed by atoms with van der Waals surface area (Å²) in [5.41, 5.74) is 0.969. The van der Waals surface area contributed by atoms with Crippen molar-refractivity contribution in [3.63, 3.8) is 0 Å². The van der Waals surface area contributed by atoms with Crippen LogP contribution in [0.3, 0.4) is 0 Å². The van der Waals surface area contributed by atoms with Gasteiger partial charge in [-0.25, -0.2) is 13.6 Å². The molecular weight excluding hydrogens is 282 g/mol. The monoisotopic (exact) mass is 300 g/mol. The number of carbonyl (C=O) groups is 1. The van der Waals surface area contributed by atoms with Crippen LogP contribution in [0.4, 0.5) is 13.6 Å². The van der Waals surface area contributed by atoms with Crippen LogP contribution in [0.25, 0.3) is 0 Å². The highest BCUT2D eigenvalue weighted by Crippen LogP contribution is 2.23. The minimum Gasteiger partial charge on any atom is -0.491 e. The molecule has 1 atom stereocenters. The molecular formula is C14H18F2N2O3. The molecule has 1 aromatic rings. The van der Waals surface area contributed by atoms with Crippen molar-refractivity contribution in [1.82, 2.24) is 10.2 Å². The molecule has 0 saturated carbocycles. The maximum absolute atomic E-state index is 12.4. The Morgan fingerprint density at radius 2 is 2.24 bits per heavy atom. The van der Waals surface area contributed by atoms with Gasteiger partial charge in [-0.15, -0.1) is 0 Å². The molecule has 0 unspecified atom stereocenters. The largest absolute Gasteiger partial charge is 0.491 e. The molecule has 2 rings (SSSR count). The lowest BCUT2D eigenvalue weighted by Gasteiger charge is -2.29. The number of rotatable bonds is 5. The quantitative estimate of drug-likeness (QED) is 0.860. The first-order valence-corrected chi connectivity index (χ1v) is 6.75. The van der Waals surface area contributed by atoms with Crippen LogP contribution >= 0.6 is 0 Å². The summed E-state index contributed by atoms with van der Waals surface area (Å²) in [5.74, 6) is 0.780. The van der Waals surface area contributed by atoms with Crippen molar-refractivity contribution < 1.29 is 23.4 Å². The fourth-order valence-electron chi connectivity index (χ4n) is 2.25. The van der Waals surface area contributed by atoms with Crippen molar-refractivity contribution in [2.24, 2.45) is 0 Å². The second-order valence-corrected chi connectivity index (χ2v) is 4.83. The van der Waals surface area contributed by atoms with Crippen molar-refractivity contribution in [2.75, 3.05) is 26.3 Å². The zero-order valence-corrected chi connectivity index (χ0v) is 11.5. The highest BCUT2D eigenvalue weighted by molar-refractivity contribution is 5.74. The van der Waals surface area contributed by atoms with Crippen molar-refractivity contribution >= 4 is 6.03 Å². The minimum absolute atomic E-state index is 0.125. The van der Waals surface area contributed by atoms with Gasteiger partial charge < -0.3 is 20.1 Å². The summed E-state index contributed by atoms with van der Waals surface area (Å²) in [6, 6.07) is 6.61. The van der Waals surface area contributed by atoms with Gasteiger partial charge in [-0.3, -0.25) is 0 Å². The predicted molar refractivity (Wildman–Crippen MR) is 72.6 cm³/mol. The summed E-state index contributed by atoms with van der Waals surface area (Å²) in [7, 11) is 0. The first kappa shape index (κ1) is 15.5. The van der Waals surface area contributed by atoms with Gasteiger partial charge in [0.2, 0.25) is 0 Å². The van der Waals surface area contributed by atoms with E-state index in [0.29, 0.717) is 13.0 Å². The molecule has 2 amide bonds. The summed E-state index contributed by atoms with van der Waals surface area (Å²) in [6.07, 6.45) is -2.05. The number of fused-ring (bicyclic) bond motifs is 1. The molecule has 0 bridgehead atoms. The third-order valence-electron chi connectivity index (χ3n) is 3.22. The number of alkyl halides is 2. The normalized spacial score (nSPS) is 17.0. The molecule has 1 heterocycles. The fourth-order valence-corrected chi connectivity index (χ4v) is 2.25. The number of para-hydroxylation sites is 1. The number of nitrogens with zero attached hydrogens (tertiary/aromatic N) is 1. The SMILES string of the molecule is O=C(N[C@H]1COc2ccccc2C1)N(CCO)CC(F)F. The average molecular weight is 300 g/mol. The van der Waals surface area contributed by atoms with Crippen LogP contribution < -0.4 is 10.1 Å². The average Bonchev–Trinajstić information content (AvgIpc) is 2.46. The summed E-state index contributed by atoms with van der Waals surface area (Å²) in [6.45, 7) is -0.884. The van der Waals surface area contributed by atoms with Gasteiger partial charge in [0, 0.05) is 6.54 Å². The molecule has 1 aliphatic heterocycles. The molecule has 116 valence electrons.